The maximum Gasteiger partial charge on any atom is 0.188 e. The second-order valence-corrected chi connectivity index (χ2v) is 4.23. The van der Waals surface area contributed by atoms with Gasteiger partial charge in [-0.25, -0.2) is 0 Å². The minimum atomic E-state index is -0.00783. The van der Waals surface area contributed by atoms with E-state index >= 15 is 0 Å². The molecule has 0 amide bonds. The van der Waals surface area contributed by atoms with Gasteiger partial charge in [-0.05, 0) is 11.1 Å². The molecule has 0 saturated carbocycles. The number of ether oxygens (including phenoxy) is 1. The van der Waals surface area contributed by atoms with Crippen LogP contribution in [-0.4, -0.2) is 12.4 Å². The third-order valence-corrected chi connectivity index (χ3v) is 2.81. The molecule has 2 aromatic rings. The molecule has 0 spiro atoms. The number of hydrogen-bond acceptors (Lipinski definition) is 2. The molecule has 0 aromatic heterocycles. The van der Waals surface area contributed by atoms with Crippen LogP contribution in [0.15, 0.2) is 61.2 Å². The topological polar surface area (TPSA) is 26.3 Å². The number of carbonyl (C=O) groups excluding carboxylic acids is 1. The first-order valence-electron chi connectivity index (χ1n) is 6.17. The van der Waals surface area contributed by atoms with Crippen molar-refractivity contribution in [2.45, 2.75) is 6.61 Å². The van der Waals surface area contributed by atoms with Crippen molar-refractivity contribution < 1.29 is 9.53 Å². The quantitative estimate of drug-likeness (QED) is 0.732. The van der Waals surface area contributed by atoms with Crippen LogP contribution in [-0.2, 0) is 11.3 Å². The summed E-state index contributed by atoms with van der Waals surface area (Å²) in [6.45, 7) is 4.23. The summed E-state index contributed by atoms with van der Waals surface area (Å²) in [5.74, 6) is -0.00783. The van der Waals surface area contributed by atoms with Gasteiger partial charge in [0.25, 0.3) is 0 Å². The van der Waals surface area contributed by atoms with E-state index in [1.54, 1.807) is 18.2 Å². The van der Waals surface area contributed by atoms with Gasteiger partial charge < -0.3 is 4.74 Å². The molecule has 0 saturated heterocycles. The summed E-state index contributed by atoms with van der Waals surface area (Å²) in [5.41, 5.74) is 2.73. The first-order valence-corrected chi connectivity index (χ1v) is 6.17. The van der Waals surface area contributed by atoms with E-state index in [1.807, 2.05) is 42.5 Å². The van der Waals surface area contributed by atoms with E-state index in [-0.39, 0.29) is 12.4 Å². The predicted octanol–water partition coefficient (Wildman–Crippen LogP) is 3.73. The minimum Gasteiger partial charge on any atom is -0.369 e. The van der Waals surface area contributed by atoms with Crippen LogP contribution in [0.25, 0.3) is 6.08 Å². The first kappa shape index (κ1) is 13.2. The van der Waals surface area contributed by atoms with Crippen molar-refractivity contribution in [2.24, 2.45) is 0 Å². The van der Waals surface area contributed by atoms with Crippen molar-refractivity contribution in [2.75, 3.05) is 6.61 Å². The van der Waals surface area contributed by atoms with E-state index in [0.29, 0.717) is 12.2 Å². The molecule has 0 aliphatic rings. The van der Waals surface area contributed by atoms with Gasteiger partial charge in [0, 0.05) is 5.56 Å². The minimum absolute atomic E-state index is 0.00783. The van der Waals surface area contributed by atoms with Gasteiger partial charge in [-0.2, -0.15) is 0 Å². The smallest absolute Gasteiger partial charge is 0.188 e. The molecule has 0 N–H and O–H groups in total. The average molecular weight is 252 g/mol. The van der Waals surface area contributed by atoms with Crippen LogP contribution >= 0.6 is 0 Å². The average Bonchev–Trinajstić information content (AvgIpc) is 2.48. The summed E-state index contributed by atoms with van der Waals surface area (Å²) in [7, 11) is 0. The summed E-state index contributed by atoms with van der Waals surface area (Å²) < 4.78 is 5.42. The van der Waals surface area contributed by atoms with E-state index in [2.05, 4.69) is 6.58 Å². The van der Waals surface area contributed by atoms with Gasteiger partial charge in [0.1, 0.15) is 6.61 Å². The molecule has 2 nitrogen and oxygen atoms in total. The second-order valence-electron chi connectivity index (χ2n) is 4.23. The van der Waals surface area contributed by atoms with Crippen LogP contribution < -0.4 is 0 Å². The molecule has 0 aliphatic carbocycles. The van der Waals surface area contributed by atoms with Crippen molar-refractivity contribution in [3.8, 4) is 0 Å². The Hall–Kier alpha value is -2.19. The summed E-state index contributed by atoms with van der Waals surface area (Å²) >= 11 is 0. The lowest BCUT2D eigenvalue weighted by Gasteiger charge is -2.04. The van der Waals surface area contributed by atoms with E-state index < -0.39 is 0 Å². The third kappa shape index (κ3) is 3.90. The van der Waals surface area contributed by atoms with Crippen LogP contribution in [0.1, 0.15) is 21.5 Å². The van der Waals surface area contributed by atoms with Gasteiger partial charge >= 0.3 is 0 Å². The Labute approximate surface area is 113 Å². The Morgan fingerprint density at radius 3 is 2.37 bits per heavy atom. The van der Waals surface area contributed by atoms with Crippen molar-refractivity contribution >= 4 is 11.9 Å². The number of ketones is 1. The van der Waals surface area contributed by atoms with E-state index in [1.165, 1.54) is 0 Å². The molecule has 2 rings (SSSR count). The highest BCUT2D eigenvalue weighted by atomic mass is 16.5. The molecule has 0 heterocycles. The Morgan fingerprint density at radius 1 is 1.05 bits per heavy atom. The van der Waals surface area contributed by atoms with Gasteiger partial charge in [-0.15, -0.1) is 0 Å². The second kappa shape index (κ2) is 6.66. The van der Waals surface area contributed by atoms with Crippen molar-refractivity contribution in [3.05, 3.63) is 77.9 Å². The van der Waals surface area contributed by atoms with Gasteiger partial charge in [-0.3, -0.25) is 4.79 Å². The molecule has 0 bridgehead atoms. The molecule has 2 aromatic carbocycles. The highest BCUT2D eigenvalue weighted by Crippen LogP contribution is 2.07. The van der Waals surface area contributed by atoms with Crippen molar-refractivity contribution in [3.63, 3.8) is 0 Å². The fraction of sp³-hybridized carbons (Fsp3) is 0.118. The molecule has 0 fully saturated rings. The van der Waals surface area contributed by atoms with Gasteiger partial charge in [0.15, 0.2) is 5.78 Å². The number of hydrogen-bond donors (Lipinski definition) is 0. The van der Waals surface area contributed by atoms with E-state index in [4.69, 9.17) is 4.74 Å². The molecule has 0 radical (unpaired) electrons. The lowest BCUT2D eigenvalue weighted by molar-refractivity contribution is 0.0726. The Balaban J connectivity index is 1.85. The van der Waals surface area contributed by atoms with Crippen molar-refractivity contribution in [1.82, 2.24) is 0 Å². The summed E-state index contributed by atoms with van der Waals surface area (Å²) in [4.78, 5) is 11.9. The zero-order chi connectivity index (χ0) is 13.5. The maximum absolute atomic E-state index is 11.9. The van der Waals surface area contributed by atoms with Crippen molar-refractivity contribution in [1.29, 1.82) is 0 Å². The zero-order valence-corrected chi connectivity index (χ0v) is 10.7. The SMILES string of the molecule is C=Cc1ccc(C(=O)COCc2ccccc2)cc1. The highest BCUT2D eigenvalue weighted by molar-refractivity contribution is 5.97. The number of Topliss-reactive ketones (excluding diaryl/α,β-unsaturated/α-hetero) is 1. The number of benzene rings is 2. The summed E-state index contributed by atoms with van der Waals surface area (Å²) in [6, 6.07) is 17.1. The number of rotatable bonds is 6. The molecule has 0 unspecified atom stereocenters. The Kier molecular flexibility index (Phi) is 4.65. The molecule has 0 aliphatic heterocycles. The normalized spacial score (nSPS) is 10.1. The Bertz CT molecular complexity index is 541. The van der Waals surface area contributed by atoms with Gasteiger partial charge in [-0.1, -0.05) is 67.3 Å². The lowest BCUT2D eigenvalue weighted by Crippen LogP contribution is -2.09. The highest BCUT2D eigenvalue weighted by Gasteiger charge is 2.05. The van der Waals surface area contributed by atoms with Crippen LogP contribution in [0, 0.1) is 0 Å². The molecule has 19 heavy (non-hydrogen) atoms. The zero-order valence-electron chi connectivity index (χ0n) is 10.7. The third-order valence-electron chi connectivity index (χ3n) is 2.81. The molecular weight excluding hydrogens is 236 g/mol. The molecular formula is C17H16O2. The van der Waals surface area contributed by atoms with Gasteiger partial charge in [0.2, 0.25) is 0 Å². The maximum atomic E-state index is 11.9. The fourth-order valence-electron chi connectivity index (χ4n) is 1.72. The van der Waals surface area contributed by atoms with E-state index in [9.17, 15) is 4.79 Å². The largest absolute Gasteiger partial charge is 0.369 e. The first-order chi connectivity index (χ1) is 9.29. The van der Waals surface area contributed by atoms with Crippen LogP contribution in [0.5, 0.6) is 0 Å². The Morgan fingerprint density at radius 2 is 1.74 bits per heavy atom. The predicted molar refractivity (Wildman–Crippen MR) is 77.0 cm³/mol. The van der Waals surface area contributed by atoms with E-state index in [0.717, 1.165) is 11.1 Å². The molecule has 96 valence electrons. The number of carbonyl (C=O) groups is 1. The molecule has 2 heteroatoms. The summed E-state index contributed by atoms with van der Waals surface area (Å²) in [6.07, 6.45) is 1.75. The lowest BCUT2D eigenvalue weighted by atomic mass is 10.1. The molecule has 0 atom stereocenters. The monoisotopic (exact) mass is 252 g/mol. The van der Waals surface area contributed by atoms with Crippen LogP contribution in [0.4, 0.5) is 0 Å². The fourth-order valence-corrected chi connectivity index (χ4v) is 1.72. The van der Waals surface area contributed by atoms with Crippen LogP contribution in [0.3, 0.4) is 0 Å². The summed E-state index contributed by atoms with van der Waals surface area (Å²) in [5, 5.41) is 0. The standard InChI is InChI=1S/C17H16O2/c1-2-14-8-10-16(11-9-14)17(18)13-19-12-15-6-4-3-5-7-15/h2-11H,1,12-13H2. The van der Waals surface area contributed by atoms with Gasteiger partial charge in [0.05, 0.1) is 6.61 Å². The van der Waals surface area contributed by atoms with Crippen LogP contribution in [0.2, 0.25) is 0 Å².